The highest BCUT2D eigenvalue weighted by atomic mass is 32.1. The smallest absolute Gasteiger partial charge is 0.328 e. The monoisotopic (exact) mass is 370 g/mol. The van der Waals surface area contributed by atoms with Gasteiger partial charge in [-0.15, -0.1) is 11.3 Å². The van der Waals surface area contributed by atoms with Crippen LogP contribution in [0.15, 0.2) is 29.6 Å². The van der Waals surface area contributed by atoms with E-state index in [1.54, 1.807) is 20.8 Å². The second-order valence-corrected chi connectivity index (χ2v) is 8.10. The molecule has 2 aromatic rings. The van der Waals surface area contributed by atoms with Gasteiger partial charge in [0.1, 0.15) is 17.2 Å². The van der Waals surface area contributed by atoms with Gasteiger partial charge in [-0.25, -0.2) is 4.98 Å². The number of amides is 1. The molecule has 0 saturated heterocycles. The fraction of sp³-hybridized carbons (Fsp3) is 0.444. The first-order chi connectivity index (χ1) is 11.4. The number of benzene rings is 1. The Hall–Kier alpha value is -1.89. The van der Waals surface area contributed by atoms with Crippen LogP contribution in [-0.4, -0.2) is 35.1 Å². The largest absolute Gasteiger partial charge is 0.406 e. The molecule has 7 heteroatoms. The summed E-state index contributed by atoms with van der Waals surface area (Å²) in [5.41, 5.74) is 1.54. The number of aryl methyl sites for hydroxylation is 1. The highest BCUT2D eigenvalue weighted by molar-refractivity contribution is 7.13. The summed E-state index contributed by atoms with van der Waals surface area (Å²) < 4.78 is 38.6. The standard InChI is InChI=1S/C18H21F3N2OS/c1-12-5-7-13(8-6-12)15-22-14(9-25-15)16(24)23(10-17(2,3)4)11-18(19,20)21/h5-9H,10-11H2,1-4H3. The third-order valence-corrected chi connectivity index (χ3v) is 4.24. The predicted octanol–water partition coefficient (Wildman–Crippen LogP) is 5.17. The van der Waals surface area contributed by atoms with Crippen LogP contribution >= 0.6 is 11.3 Å². The molecule has 0 N–H and O–H groups in total. The first-order valence-corrected chi connectivity index (χ1v) is 8.71. The summed E-state index contributed by atoms with van der Waals surface area (Å²) in [6.45, 7) is 6.07. The number of thiazole rings is 1. The summed E-state index contributed by atoms with van der Waals surface area (Å²) in [6, 6.07) is 7.61. The van der Waals surface area contributed by atoms with Gasteiger partial charge in [0.25, 0.3) is 5.91 Å². The first-order valence-electron chi connectivity index (χ1n) is 7.83. The van der Waals surface area contributed by atoms with Gasteiger partial charge in [0, 0.05) is 17.5 Å². The summed E-state index contributed by atoms with van der Waals surface area (Å²) in [6.07, 6.45) is -4.45. The molecule has 1 amide bonds. The number of aromatic nitrogens is 1. The van der Waals surface area contributed by atoms with Gasteiger partial charge in [0.15, 0.2) is 0 Å². The van der Waals surface area contributed by atoms with Gasteiger partial charge in [0.05, 0.1) is 0 Å². The molecule has 0 aliphatic heterocycles. The average Bonchev–Trinajstić information content (AvgIpc) is 2.93. The molecule has 0 saturated carbocycles. The summed E-state index contributed by atoms with van der Waals surface area (Å²) in [5.74, 6) is -0.693. The van der Waals surface area contributed by atoms with Crippen molar-refractivity contribution in [2.24, 2.45) is 5.41 Å². The molecule has 0 spiro atoms. The van der Waals surface area contributed by atoms with Crippen molar-refractivity contribution in [3.8, 4) is 10.6 Å². The lowest BCUT2D eigenvalue weighted by Crippen LogP contribution is -2.43. The molecule has 1 heterocycles. The van der Waals surface area contributed by atoms with Crippen LogP contribution < -0.4 is 0 Å². The van der Waals surface area contributed by atoms with Crippen molar-refractivity contribution < 1.29 is 18.0 Å². The molecule has 1 aromatic carbocycles. The van der Waals surface area contributed by atoms with Crippen LogP contribution in [0.2, 0.25) is 0 Å². The predicted molar refractivity (Wildman–Crippen MR) is 93.7 cm³/mol. The fourth-order valence-electron chi connectivity index (χ4n) is 2.35. The quantitative estimate of drug-likeness (QED) is 0.744. The lowest BCUT2D eigenvalue weighted by molar-refractivity contribution is -0.142. The zero-order chi connectivity index (χ0) is 18.8. The van der Waals surface area contributed by atoms with E-state index >= 15 is 0 Å². The molecule has 0 atom stereocenters. The van der Waals surface area contributed by atoms with Crippen LogP contribution in [0, 0.1) is 12.3 Å². The number of alkyl halides is 3. The molecule has 3 nitrogen and oxygen atoms in total. The molecule has 0 radical (unpaired) electrons. The molecule has 0 fully saturated rings. The molecule has 1 aromatic heterocycles. The number of rotatable bonds is 4. The minimum absolute atomic E-state index is 0.00271. The van der Waals surface area contributed by atoms with Crippen molar-refractivity contribution in [2.75, 3.05) is 13.1 Å². The van der Waals surface area contributed by atoms with Gasteiger partial charge in [-0.3, -0.25) is 4.79 Å². The van der Waals surface area contributed by atoms with Crippen LogP contribution in [-0.2, 0) is 0 Å². The van der Waals surface area contributed by atoms with Crippen LogP contribution in [0.1, 0.15) is 36.8 Å². The Labute approximate surface area is 149 Å². The van der Waals surface area contributed by atoms with Crippen molar-refractivity contribution in [2.45, 2.75) is 33.9 Å². The fourth-order valence-corrected chi connectivity index (χ4v) is 3.15. The van der Waals surface area contributed by atoms with E-state index in [4.69, 9.17) is 0 Å². The Kier molecular flexibility index (Phi) is 5.56. The van der Waals surface area contributed by atoms with Gasteiger partial charge in [-0.1, -0.05) is 50.6 Å². The molecular formula is C18H21F3N2OS. The van der Waals surface area contributed by atoms with Gasteiger partial charge < -0.3 is 4.90 Å². The Morgan fingerprint density at radius 2 is 1.72 bits per heavy atom. The highest BCUT2D eigenvalue weighted by Gasteiger charge is 2.35. The molecule has 0 aliphatic rings. The second-order valence-electron chi connectivity index (χ2n) is 7.24. The summed E-state index contributed by atoms with van der Waals surface area (Å²) in [5, 5.41) is 2.13. The van der Waals surface area contributed by atoms with E-state index in [1.165, 1.54) is 16.7 Å². The summed E-state index contributed by atoms with van der Waals surface area (Å²) in [4.78, 5) is 17.6. The summed E-state index contributed by atoms with van der Waals surface area (Å²) in [7, 11) is 0. The molecule has 136 valence electrons. The summed E-state index contributed by atoms with van der Waals surface area (Å²) >= 11 is 1.25. The molecule has 0 unspecified atom stereocenters. The average molecular weight is 370 g/mol. The lowest BCUT2D eigenvalue weighted by atomic mass is 9.96. The van der Waals surface area contributed by atoms with Crippen molar-refractivity contribution in [1.82, 2.24) is 9.88 Å². The van der Waals surface area contributed by atoms with Gasteiger partial charge >= 0.3 is 6.18 Å². The Balaban J connectivity index is 2.25. The second kappa shape index (κ2) is 7.15. The maximum absolute atomic E-state index is 12.9. The molecule has 25 heavy (non-hydrogen) atoms. The number of carbonyl (C=O) groups is 1. The zero-order valence-corrected chi connectivity index (χ0v) is 15.5. The van der Waals surface area contributed by atoms with E-state index in [2.05, 4.69) is 4.98 Å². The zero-order valence-electron chi connectivity index (χ0n) is 14.6. The van der Waals surface area contributed by atoms with E-state index in [0.717, 1.165) is 16.0 Å². The first kappa shape index (κ1) is 19.4. The minimum Gasteiger partial charge on any atom is -0.328 e. The minimum atomic E-state index is -4.45. The third-order valence-electron chi connectivity index (χ3n) is 3.34. The van der Waals surface area contributed by atoms with Gasteiger partial charge in [-0.2, -0.15) is 13.2 Å². The maximum atomic E-state index is 12.9. The number of hydrogen-bond acceptors (Lipinski definition) is 3. The van der Waals surface area contributed by atoms with E-state index in [1.807, 2.05) is 31.2 Å². The van der Waals surface area contributed by atoms with Crippen LogP contribution in [0.3, 0.4) is 0 Å². The topological polar surface area (TPSA) is 33.2 Å². The molecule has 2 rings (SSSR count). The Morgan fingerprint density at radius 1 is 1.12 bits per heavy atom. The number of halogens is 3. The molecule has 0 bridgehead atoms. The molecular weight excluding hydrogens is 349 g/mol. The van der Waals surface area contributed by atoms with Crippen LogP contribution in [0.25, 0.3) is 10.6 Å². The SMILES string of the molecule is Cc1ccc(-c2nc(C(=O)N(CC(C)(C)C)CC(F)(F)F)cs2)cc1. The van der Waals surface area contributed by atoms with E-state index in [0.29, 0.717) is 5.01 Å². The normalized spacial score (nSPS) is 12.3. The third kappa shape index (κ3) is 5.85. The number of hydrogen-bond donors (Lipinski definition) is 0. The van der Waals surface area contributed by atoms with E-state index in [-0.39, 0.29) is 12.2 Å². The number of carbonyl (C=O) groups excluding carboxylic acids is 1. The Morgan fingerprint density at radius 3 is 2.24 bits per heavy atom. The van der Waals surface area contributed by atoms with Crippen LogP contribution in [0.4, 0.5) is 13.2 Å². The van der Waals surface area contributed by atoms with Crippen LogP contribution in [0.5, 0.6) is 0 Å². The van der Waals surface area contributed by atoms with Crippen molar-refractivity contribution >= 4 is 17.2 Å². The maximum Gasteiger partial charge on any atom is 0.406 e. The van der Waals surface area contributed by atoms with Gasteiger partial charge in [-0.05, 0) is 12.3 Å². The Bertz CT molecular complexity index is 714. The van der Waals surface area contributed by atoms with Gasteiger partial charge in [0.2, 0.25) is 0 Å². The van der Waals surface area contributed by atoms with E-state index in [9.17, 15) is 18.0 Å². The van der Waals surface area contributed by atoms with Crippen molar-refractivity contribution in [1.29, 1.82) is 0 Å². The van der Waals surface area contributed by atoms with Crippen molar-refractivity contribution in [3.05, 3.63) is 40.9 Å². The highest BCUT2D eigenvalue weighted by Crippen LogP contribution is 2.27. The lowest BCUT2D eigenvalue weighted by Gasteiger charge is -2.30. The number of nitrogens with zero attached hydrogens (tertiary/aromatic N) is 2. The van der Waals surface area contributed by atoms with Crippen molar-refractivity contribution in [3.63, 3.8) is 0 Å². The van der Waals surface area contributed by atoms with E-state index < -0.39 is 24.0 Å². The molecule has 0 aliphatic carbocycles.